The summed E-state index contributed by atoms with van der Waals surface area (Å²) >= 11 is 0. The van der Waals surface area contributed by atoms with Gasteiger partial charge in [-0.3, -0.25) is 0 Å². The Labute approximate surface area is 128 Å². The van der Waals surface area contributed by atoms with Gasteiger partial charge in [-0.15, -0.1) is 0 Å². The Morgan fingerprint density at radius 1 is 1.14 bits per heavy atom. The van der Waals surface area contributed by atoms with Crippen molar-refractivity contribution in [2.45, 2.75) is 52.5 Å². The van der Waals surface area contributed by atoms with Gasteiger partial charge in [-0.1, -0.05) is 32.9 Å². The van der Waals surface area contributed by atoms with E-state index in [1.807, 2.05) is 19.2 Å². The van der Waals surface area contributed by atoms with E-state index in [1.54, 1.807) is 6.26 Å². The summed E-state index contributed by atoms with van der Waals surface area (Å²) in [5, 5.41) is 3.36. The number of hydrogen-bond donors (Lipinski definition) is 1. The number of hydrogen-bond acceptors (Lipinski definition) is 2. The van der Waals surface area contributed by atoms with E-state index in [0.29, 0.717) is 0 Å². The van der Waals surface area contributed by atoms with Crippen LogP contribution in [0.5, 0.6) is 0 Å². The smallest absolute Gasteiger partial charge is 0.121 e. The predicted molar refractivity (Wildman–Crippen MR) is 88.8 cm³/mol. The van der Waals surface area contributed by atoms with E-state index in [2.05, 4.69) is 52.1 Å². The van der Waals surface area contributed by atoms with Crippen LogP contribution in [-0.2, 0) is 11.8 Å². The fourth-order valence-electron chi connectivity index (χ4n) is 2.79. The first-order valence-corrected chi connectivity index (χ1v) is 7.64. The van der Waals surface area contributed by atoms with Crippen molar-refractivity contribution in [2.24, 2.45) is 0 Å². The Bertz CT molecular complexity index is 568. The van der Waals surface area contributed by atoms with Gasteiger partial charge in [0.2, 0.25) is 0 Å². The highest BCUT2D eigenvalue weighted by molar-refractivity contribution is 5.41. The summed E-state index contributed by atoms with van der Waals surface area (Å²) in [5.74, 6) is 0.996. The molecule has 2 heteroatoms. The molecule has 21 heavy (non-hydrogen) atoms. The van der Waals surface area contributed by atoms with E-state index >= 15 is 0 Å². The van der Waals surface area contributed by atoms with Crippen LogP contribution in [-0.4, -0.2) is 7.05 Å². The third-order valence-electron chi connectivity index (χ3n) is 4.21. The second-order valence-electron chi connectivity index (χ2n) is 6.90. The maximum atomic E-state index is 5.55. The second kappa shape index (κ2) is 6.07. The molecule has 0 amide bonds. The zero-order valence-electron chi connectivity index (χ0n) is 14.1. The molecule has 0 spiro atoms. The van der Waals surface area contributed by atoms with Crippen LogP contribution in [0.4, 0.5) is 0 Å². The molecule has 2 aromatic rings. The van der Waals surface area contributed by atoms with Crippen LogP contribution in [0.3, 0.4) is 0 Å². The second-order valence-corrected chi connectivity index (χ2v) is 6.90. The Morgan fingerprint density at radius 3 is 2.19 bits per heavy atom. The van der Waals surface area contributed by atoms with Crippen LogP contribution in [0.2, 0.25) is 0 Å². The minimum Gasteiger partial charge on any atom is -0.468 e. The van der Waals surface area contributed by atoms with Crippen molar-refractivity contribution >= 4 is 0 Å². The first-order valence-electron chi connectivity index (χ1n) is 7.64. The van der Waals surface area contributed by atoms with Crippen LogP contribution >= 0.6 is 0 Å². The Kier molecular flexibility index (Phi) is 4.58. The quantitative estimate of drug-likeness (QED) is 0.881. The molecule has 0 saturated carbocycles. The Hall–Kier alpha value is -1.54. The van der Waals surface area contributed by atoms with Gasteiger partial charge in [-0.25, -0.2) is 0 Å². The van der Waals surface area contributed by atoms with Crippen molar-refractivity contribution in [1.82, 2.24) is 5.32 Å². The molecule has 0 radical (unpaired) electrons. The molecular formula is C19H27NO. The highest BCUT2D eigenvalue weighted by Crippen LogP contribution is 2.29. The monoisotopic (exact) mass is 285 g/mol. The number of benzene rings is 1. The van der Waals surface area contributed by atoms with E-state index in [-0.39, 0.29) is 11.5 Å². The minimum atomic E-state index is 0.192. The van der Waals surface area contributed by atoms with Gasteiger partial charge in [0.05, 0.1) is 12.3 Å². The molecule has 0 aliphatic carbocycles. The molecule has 0 bridgehead atoms. The SMILES string of the molecule is CNC(Cc1c(C)cc(C(C)(C)C)cc1C)c1ccco1. The van der Waals surface area contributed by atoms with E-state index < -0.39 is 0 Å². The van der Waals surface area contributed by atoms with Gasteiger partial charge >= 0.3 is 0 Å². The lowest BCUT2D eigenvalue weighted by molar-refractivity contribution is 0.428. The molecular weight excluding hydrogens is 258 g/mol. The minimum absolute atomic E-state index is 0.192. The number of likely N-dealkylation sites (N-methyl/N-ethyl adjacent to an activating group) is 1. The molecule has 114 valence electrons. The van der Waals surface area contributed by atoms with Crippen molar-refractivity contribution in [3.05, 3.63) is 58.5 Å². The van der Waals surface area contributed by atoms with E-state index in [1.165, 1.54) is 22.3 Å². The molecule has 0 fully saturated rings. The molecule has 0 saturated heterocycles. The van der Waals surface area contributed by atoms with Crippen molar-refractivity contribution < 1.29 is 4.42 Å². The first kappa shape index (κ1) is 15.8. The van der Waals surface area contributed by atoms with Gasteiger partial charge in [0.1, 0.15) is 5.76 Å². The largest absolute Gasteiger partial charge is 0.468 e. The zero-order chi connectivity index (χ0) is 15.6. The average Bonchev–Trinajstić information content (AvgIpc) is 2.90. The zero-order valence-corrected chi connectivity index (χ0v) is 14.1. The van der Waals surface area contributed by atoms with Gasteiger partial charge in [-0.2, -0.15) is 0 Å². The van der Waals surface area contributed by atoms with Crippen molar-refractivity contribution in [2.75, 3.05) is 7.05 Å². The molecule has 1 N–H and O–H groups in total. The van der Waals surface area contributed by atoms with Crippen molar-refractivity contribution in [3.63, 3.8) is 0 Å². The van der Waals surface area contributed by atoms with Gasteiger partial charge in [0.25, 0.3) is 0 Å². The standard InChI is InChI=1S/C19H27NO/c1-13-10-15(19(3,4)5)11-14(2)16(13)12-17(20-6)18-8-7-9-21-18/h7-11,17,20H,12H2,1-6H3. The molecule has 0 aliphatic rings. The number of furan rings is 1. The maximum absolute atomic E-state index is 5.55. The Morgan fingerprint density at radius 2 is 1.76 bits per heavy atom. The molecule has 1 atom stereocenters. The maximum Gasteiger partial charge on any atom is 0.121 e. The van der Waals surface area contributed by atoms with Crippen LogP contribution in [0.15, 0.2) is 34.9 Å². The molecule has 2 nitrogen and oxygen atoms in total. The highest BCUT2D eigenvalue weighted by Gasteiger charge is 2.19. The van der Waals surface area contributed by atoms with Gasteiger partial charge in [0, 0.05) is 0 Å². The van der Waals surface area contributed by atoms with Crippen molar-refractivity contribution in [1.29, 1.82) is 0 Å². The number of aryl methyl sites for hydroxylation is 2. The lowest BCUT2D eigenvalue weighted by atomic mass is 9.83. The summed E-state index contributed by atoms with van der Waals surface area (Å²) in [6.45, 7) is 11.2. The van der Waals surface area contributed by atoms with Crippen LogP contribution in [0.25, 0.3) is 0 Å². The first-order chi connectivity index (χ1) is 9.82. The normalized spacial score (nSPS) is 13.4. The lowest BCUT2D eigenvalue weighted by Gasteiger charge is -2.23. The molecule has 1 heterocycles. The number of nitrogens with one attached hydrogen (secondary N) is 1. The summed E-state index contributed by atoms with van der Waals surface area (Å²) in [7, 11) is 1.99. The fourth-order valence-corrected chi connectivity index (χ4v) is 2.79. The molecule has 0 aliphatic heterocycles. The Balaban J connectivity index is 2.32. The third-order valence-corrected chi connectivity index (χ3v) is 4.21. The van der Waals surface area contributed by atoms with Gasteiger partial charge in [0.15, 0.2) is 0 Å². The summed E-state index contributed by atoms with van der Waals surface area (Å²) in [6, 6.07) is 8.86. The molecule has 1 unspecified atom stereocenters. The van der Waals surface area contributed by atoms with E-state index in [9.17, 15) is 0 Å². The third kappa shape index (κ3) is 3.56. The summed E-state index contributed by atoms with van der Waals surface area (Å²) in [5.41, 5.74) is 5.75. The van der Waals surface area contributed by atoms with Crippen molar-refractivity contribution in [3.8, 4) is 0 Å². The summed E-state index contributed by atoms with van der Waals surface area (Å²) in [4.78, 5) is 0. The molecule has 1 aromatic heterocycles. The summed E-state index contributed by atoms with van der Waals surface area (Å²) in [6.07, 6.45) is 2.69. The molecule has 1 aromatic carbocycles. The van der Waals surface area contributed by atoms with Crippen LogP contribution < -0.4 is 5.32 Å². The van der Waals surface area contributed by atoms with Gasteiger partial charge < -0.3 is 9.73 Å². The number of rotatable bonds is 4. The fraction of sp³-hybridized carbons (Fsp3) is 0.474. The van der Waals surface area contributed by atoms with E-state index in [4.69, 9.17) is 4.42 Å². The van der Waals surface area contributed by atoms with Crippen LogP contribution in [0.1, 0.15) is 54.8 Å². The lowest BCUT2D eigenvalue weighted by Crippen LogP contribution is -2.20. The van der Waals surface area contributed by atoms with Gasteiger partial charge in [-0.05, 0) is 67.1 Å². The highest BCUT2D eigenvalue weighted by atomic mass is 16.3. The molecule has 2 rings (SSSR count). The summed E-state index contributed by atoms with van der Waals surface area (Å²) < 4.78 is 5.55. The topological polar surface area (TPSA) is 25.2 Å². The van der Waals surface area contributed by atoms with Crippen LogP contribution in [0, 0.1) is 13.8 Å². The average molecular weight is 285 g/mol. The predicted octanol–water partition coefficient (Wildman–Crippen LogP) is 4.70. The van der Waals surface area contributed by atoms with E-state index in [0.717, 1.165) is 12.2 Å².